The van der Waals surface area contributed by atoms with Crippen molar-refractivity contribution < 1.29 is 19.1 Å². The summed E-state index contributed by atoms with van der Waals surface area (Å²) in [6.07, 6.45) is 3.09. The molecule has 3 rings (SSSR count). The molecule has 5 nitrogen and oxygen atoms in total. The summed E-state index contributed by atoms with van der Waals surface area (Å²) in [6.45, 7) is 3.92. The van der Waals surface area contributed by atoms with E-state index in [1.54, 1.807) is 36.4 Å². The molecule has 0 aromatic heterocycles. The number of carbonyl (C=O) groups excluding carboxylic acids is 2. The van der Waals surface area contributed by atoms with Gasteiger partial charge in [0.05, 0.1) is 27.1 Å². The van der Waals surface area contributed by atoms with Crippen LogP contribution in [0.1, 0.15) is 11.1 Å². The lowest BCUT2D eigenvalue weighted by molar-refractivity contribution is -0.122. The molecule has 1 aliphatic rings. The molecule has 2 amide bonds. The molecule has 0 atom stereocenters. The van der Waals surface area contributed by atoms with Gasteiger partial charge in [-0.2, -0.15) is 0 Å². The van der Waals surface area contributed by atoms with Crippen LogP contribution in [-0.4, -0.2) is 29.7 Å². The topological polar surface area (TPSA) is 55.8 Å². The van der Waals surface area contributed by atoms with Crippen molar-refractivity contribution in [2.24, 2.45) is 0 Å². The van der Waals surface area contributed by atoms with Crippen molar-refractivity contribution in [1.82, 2.24) is 4.90 Å². The van der Waals surface area contributed by atoms with Gasteiger partial charge >= 0.3 is 0 Å². The minimum atomic E-state index is -0.375. The molecule has 0 aliphatic carbocycles. The van der Waals surface area contributed by atoms with Gasteiger partial charge in [0.15, 0.2) is 11.5 Å². The Bertz CT molecular complexity index is 1050. The van der Waals surface area contributed by atoms with Gasteiger partial charge in [-0.25, -0.2) is 0 Å². The van der Waals surface area contributed by atoms with Gasteiger partial charge in [-0.1, -0.05) is 46.9 Å². The third-order valence-electron chi connectivity index (χ3n) is 4.10. The number of benzene rings is 2. The van der Waals surface area contributed by atoms with Crippen molar-refractivity contribution >= 4 is 63.8 Å². The Morgan fingerprint density at radius 3 is 2.53 bits per heavy atom. The summed E-state index contributed by atoms with van der Waals surface area (Å²) in [7, 11) is 1.49. The Kier molecular flexibility index (Phi) is 7.36. The Labute approximate surface area is 193 Å². The molecule has 0 spiro atoms. The Hall–Kier alpha value is -2.12. The Morgan fingerprint density at radius 1 is 1.10 bits per heavy atom. The number of thioether (sulfide) groups is 1. The van der Waals surface area contributed by atoms with E-state index in [0.717, 1.165) is 22.2 Å². The number of imide groups is 1. The molecule has 30 heavy (non-hydrogen) atoms. The van der Waals surface area contributed by atoms with E-state index in [0.29, 0.717) is 37.0 Å². The molecular weight excluding hydrogens is 469 g/mol. The van der Waals surface area contributed by atoms with Gasteiger partial charge in [-0.15, -0.1) is 6.58 Å². The zero-order valence-electron chi connectivity index (χ0n) is 15.8. The van der Waals surface area contributed by atoms with E-state index < -0.39 is 0 Å². The van der Waals surface area contributed by atoms with Crippen LogP contribution < -0.4 is 9.47 Å². The number of amides is 2. The van der Waals surface area contributed by atoms with Crippen LogP contribution in [0.4, 0.5) is 4.79 Å². The van der Waals surface area contributed by atoms with Crippen molar-refractivity contribution in [3.63, 3.8) is 0 Å². The third kappa shape index (κ3) is 4.95. The van der Waals surface area contributed by atoms with Crippen LogP contribution in [0, 0.1) is 0 Å². The first-order valence-corrected chi connectivity index (χ1v) is 10.6. The van der Waals surface area contributed by atoms with E-state index in [1.165, 1.54) is 13.2 Å². The number of nitrogens with zero attached hydrogens (tertiary/aromatic N) is 1. The predicted octanol–water partition coefficient (Wildman–Crippen LogP) is 6.46. The van der Waals surface area contributed by atoms with Crippen LogP contribution in [0.2, 0.25) is 15.1 Å². The summed E-state index contributed by atoms with van der Waals surface area (Å²) < 4.78 is 11.2. The Morgan fingerprint density at radius 2 is 1.87 bits per heavy atom. The summed E-state index contributed by atoms with van der Waals surface area (Å²) in [6, 6.07) is 8.50. The minimum absolute atomic E-state index is 0.160. The fourth-order valence-electron chi connectivity index (χ4n) is 2.69. The van der Waals surface area contributed by atoms with E-state index in [-0.39, 0.29) is 24.3 Å². The number of hydrogen-bond acceptors (Lipinski definition) is 5. The standard InChI is InChI=1S/C21H16Cl3NO4S/c1-3-6-25-20(26)18(30-21(25)27)10-13-8-16(24)19(17(9-13)28-2)29-11-12-4-5-14(22)15(23)7-12/h3-5,7-10H,1,6,11H2,2H3/b18-10+. The van der Waals surface area contributed by atoms with Crippen LogP contribution in [0.5, 0.6) is 11.5 Å². The normalized spacial score (nSPS) is 15.1. The van der Waals surface area contributed by atoms with Gasteiger partial charge in [0.1, 0.15) is 6.61 Å². The number of hydrogen-bond donors (Lipinski definition) is 0. The number of carbonyl (C=O) groups is 2. The predicted molar refractivity (Wildman–Crippen MR) is 122 cm³/mol. The molecule has 1 saturated heterocycles. The third-order valence-corrected chi connectivity index (χ3v) is 6.03. The number of rotatable bonds is 7. The second kappa shape index (κ2) is 9.79. The average Bonchev–Trinajstić information content (AvgIpc) is 2.97. The molecule has 1 fully saturated rings. The van der Waals surface area contributed by atoms with Crippen molar-refractivity contribution in [3.05, 3.63) is 74.1 Å². The second-order valence-electron chi connectivity index (χ2n) is 6.15. The van der Waals surface area contributed by atoms with Crippen LogP contribution >= 0.6 is 46.6 Å². The van der Waals surface area contributed by atoms with E-state index in [4.69, 9.17) is 44.3 Å². The van der Waals surface area contributed by atoms with Crippen molar-refractivity contribution in [2.75, 3.05) is 13.7 Å². The summed E-state index contributed by atoms with van der Waals surface area (Å²) in [5.74, 6) is 0.362. The summed E-state index contributed by atoms with van der Waals surface area (Å²) >= 11 is 19.2. The van der Waals surface area contributed by atoms with Gasteiger partial charge in [0.25, 0.3) is 11.1 Å². The largest absolute Gasteiger partial charge is 0.493 e. The van der Waals surface area contributed by atoms with E-state index in [1.807, 2.05) is 0 Å². The molecule has 2 aromatic rings. The minimum Gasteiger partial charge on any atom is -0.493 e. The van der Waals surface area contributed by atoms with Gasteiger partial charge in [-0.3, -0.25) is 14.5 Å². The van der Waals surface area contributed by atoms with Crippen LogP contribution in [0.3, 0.4) is 0 Å². The number of ether oxygens (including phenoxy) is 2. The molecule has 0 unspecified atom stereocenters. The summed E-state index contributed by atoms with van der Waals surface area (Å²) in [4.78, 5) is 25.8. The van der Waals surface area contributed by atoms with Crippen molar-refractivity contribution in [2.45, 2.75) is 6.61 Å². The first-order valence-electron chi connectivity index (χ1n) is 8.64. The highest BCUT2D eigenvalue weighted by molar-refractivity contribution is 8.18. The Balaban J connectivity index is 1.83. The molecule has 1 heterocycles. The zero-order chi connectivity index (χ0) is 21.8. The molecule has 0 bridgehead atoms. The van der Waals surface area contributed by atoms with E-state index in [2.05, 4.69) is 6.58 Å². The maximum atomic E-state index is 12.4. The highest BCUT2D eigenvalue weighted by atomic mass is 35.5. The van der Waals surface area contributed by atoms with Crippen LogP contribution in [0.25, 0.3) is 6.08 Å². The number of methoxy groups -OCH3 is 1. The lowest BCUT2D eigenvalue weighted by Crippen LogP contribution is -2.27. The van der Waals surface area contributed by atoms with Crippen LogP contribution in [0.15, 0.2) is 47.9 Å². The molecule has 0 N–H and O–H groups in total. The zero-order valence-corrected chi connectivity index (χ0v) is 18.9. The van der Waals surface area contributed by atoms with Crippen molar-refractivity contribution in [1.29, 1.82) is 0 Å². The highest BCUT2D eigenvalue weighted by Crippen LogP contribution is 2.39. The molecule has 9 heteroatoms. The maximum absolute atomic E-state index is 12.4. The summed E-state index contributed by atoms with van der Waals surface area (Å²) in [5.41, 5.74) is 1.41. The molecule has 2 aromatic carbocycles. The van der Waals surface area contributed by atoms with E-state index >= 15 is 0 Å². The van der Waals surface area contributed by atoms with Crippen molar-refractivity contribution in [3.8, 4) is 11.5 Å². The lowest BCUT2D eigenvalue weighted by Gasteiger charge is -2.14. The molecule has 0 saturated carbocycles. The maximum Gasteiger partial charge on any atom is 0.293 e. The smallest absolute Gasteiger partial charge is 0.293 e. The monoisotopic (exact) mass is 483 g/mol. The van der Waals surface area contributed by atoms with E-state index in [9.17, 15) is 9.59 Å². The molecule has 1 aliphatic heterocycles. The molecule has 0 radical (unpaired) electrons. The quantitative estimate of drug-likeness (QED) is 0.333. The highest BCUT2D eigenvalue weighted by Gasteiger charge is 2.34. The van der Waals surface area contributed by atoms with Gasteiger partial charge in [-0.05, 0) is 53.2 Å². The number of halogens is 3. The average molecular weight is 485 g/mol. The van der Waals surface area contributed by atoms with Gasteiger partial charge < -0.3 is 9.47 Å². The molecule has 156 valence electrons. The molecular formula is C21H16Cl3NO4S. The second-order valence-corrected chi connectivity index (χ2v) is 8.37. The van der Waals surface area contributed by atoms with Crippen LogP contribution in [-0.2, 0) is 11.4 Å². The fourth-order valence-corrected chi connectivity index (χ4v) is 4.13. The summed E-state index contributed by atoms with van der Waals surface area (Å²) in [5, 5.41) is 0.839. The SMILES string of the molecule is C=CCN1C(=O)S/C(=C/c2cc(Cl)c(OCc3ccc(Cl)c(Cl)c3)c(OC)c2)C1=O. The van der Waals surface area contributed by atoms with Gasteiger partial charge in [0, 0.05) is 6.54 Å². The lowest BCUT2D eigenvalue weighted by atomic mass is 10.1. The fraction of sp³-hybridized carbons (Fsp3) is 0.143. The first-order chi connectivity index (χ1) is 14.3. The van der Waals surface area contributed by atoms with Gasteiger partial charge in [0.2, 0.25) is 0 Å². The first kappa shape index (κ1) is 22.6.